The standard InChI is InChI=1S/C12H15NOS/c1-9-5-6-12(14-9)11(13-2)8-10-4-3-7-15-10/h3-7,11,13H,8H2,1-2H3. The summed E-state index contributed by atoms with van der Waals surface area (Å²) >= 11 is 1.79. The normalized spacial score (nSPS) is 12.9. The van der Waals surface area contributed by atoms with Crippen molar-refractivity contribution < 1.29 is 4.42 Å². The van der Waals surface area contributed by atoms with Crippen LogP contribution in [0.2, 0.25) is 0 Å². The molecule has 0 aliphatic heterocycles. The highest BCUT2D eigenvalue weighted by atomic mass is 32.1. The van der Waals surface area contributed by atoms with Crippen LogP contribution >= 0.6 is 11.3 Å². The Kier molecular flexibility index (Phi) is 3.23. The van der Waals surface area contributed by atoms with Crippen molar-refractivity contribution in [2.45, 2.75) is 19.4 Å². The number of hydrogen-bond donors (Lipinski definition) is 1. The quantitative estimate of drug-likeness (QED) is 0.858. The lowest BCUT2D eigenvalue weighted by molar-refractivity contribution is 0.416. The first-order chi connectivity index (χ1) is 7.29. The van der Waals surface area contributed by atoms with Gasteiger partial charge in [0.15, 0.2) is 0 Å². The summed E-state index contributed by atoms with van der Waals surface area (Å²) in [4.78, 5) is 1.38. The van der Waals surface area contributed by atoms with Gasteiger partial charge in [-0.05, 0) is 37.6 Å². The van der Waals surface area contributed by atoms with E-state index in [0.717, 1.165) is 17.9 Å². The van der Waals surface area contributed by atoms with E-state index < -0.39 is 0 Å². The Bertz CT molecular complexity index is 405. The largest absolute Gasteiger partial charge is 0.465 e. The van der Waals surface area contributed by atoms with Crippen LogP contribution < -0.4 is 5.32 Å². The maximum absolute atomic E-state index is 5.63. The van der Waals surface area contributed by atoms with E-state index in [-0.39, 0.29) is 6.04 Å². The van der Waals surface area contributed by atoms with E-state index in [1.165, 1.54) is 4.88 Å². The summed E-state index contributed by atoms with van der Waals surface area (Å²) in [6.07, 6.45) is 0.987. The highest BCUT2D eigenvalue weighted by molar-refractivity contribution is 7.09. The monoisotopic (exact) mass is 221 g/mol. The van der Waals surface area contributed by atoms with Crippen LogP contribution in [0.1, 0.15) is 22.4 Å². The summed E-state index contributed by atoms with van der Waals surface area (Å²) in [6, 6.07) is 8.57. The summed E-state index contributed by atoms with van der Waals surface area (Å²) in [5, 5.41) is 5.39. The zero-order valence-corrected chi connectivity index (χ0v) is 9.80. The maximum Gasteiger partial charge on any atom is 0.121 e. The van der Waals surface area contributed by atoms with Crippen LogP contribution in [0.5, 0.6) is 0 Å². The molecule has 3 heteroatoms. The van der Waals surface area contributed by atoms with Gasteiger partial charge in [0.05, 0.1) is 6.04 Å². The minimum absolute atomic E-state index is 0.275. The first kappa shape index (κ1) is 10.5. The lowest BCUT2D eigenvalue weighted by atomic mass is 10.1. The van der Waals surface area contributed by atoms with Crippen LogP contribution in [-0.2, 0) is 6.42 Å². The van der Waals surface area contributed by atoms with Crippen molar-refractivity contribution in [3.05, 3.63) is 46.0 Å². The third kappa shape index (κ3) is 2.49. The van der Waals surface area contributed by atoms with Gasteiger partial charge in [0.2, 0.25) is 0 Å². The number of hydrogen-bond acceptors (Lipinski definition) is 3. The van der Waals surface area contributed by atoms with E-state index >= 15 is 0 Å². The van der Waals surface area contributed by atoms with Gasteiger partial charge in [-0.25, -0.2) is 0 Å². The fourth-order valence-corrected chi connectivity index (χ4v) is 2.37. The minimum Gasteiger partial charge on any atom is -0.465 e. The van der Waals surface area contributed by atoms with Gasteiger partial charge in [0.1, 0.15) is 11.5 Å². The molecule has 2 aromatic rings. The molecule has 1 atom stereocenters. The van der Waals surface area contributed by atoms with Gasteiger partial charge in [-0.1, -0.05) is 6.07 Å². The highest BCUT2D eigenvalue weighted by Gasteiger charge is 2.13. The number of nitrogens with one attached hydrogen (secondary N) is 1. The molecule has 15 heavy (non-hydrogen) atoms. The molecule has 0 saturated carbocycles. The number of thiophene rings is 1. The first-order valence-electron chi connectivity index (χ1n) is 5.05. The van der Waals surface area contributed by atoms with E-state index in [9.17, 15) is 0 Å². The van der Waals surface area contributed by atoms with Gasteiger partial charge in [-0.15, -0.1) is 11.3 Å². The first-order valence-corrected chi connectivity index (χ1v) is 5.93. The number of aryl methyl sites for hydroxylation is 1. The van der Waals surface area contributed by atoms with Crippen molar-refractivity contribution in [3.63, 3.8) is 0 Å². The topological polar surface area (TPSA) is 25.2 Å². The third-order valence-electron chi connectivity index (χ3n) is 2.44. The Labute approximate surface area is 93.9 Å². The van der Waals surface area contributed by atoms with Gasteiger partial charge in [0.25, 0.3) is 0 Å². The van der Waals surface area contributed by atoms with E-state index in [1.807, 2.05) is 26.1 Å². The summed E-state index contributed by atoms with van der Waals surface area (Å²) in [6.45, 7) is 1.97. The van der Waals surface area contributed by atoms with Crippen LogP contribution in [0, 0.1) is 6.92 Å². The summed E-state index contributed by atoms with van der Waals surface area (Å²) in [5.41, 5.74) is 0. The van der Waals surface area contributed by atoms with Crippen LogP contribution in [0.3, 0.4) is 0 Å². The predicted octanol–water partition coefficient (Wildman–Crippen LogP) is 3.15. The van der Waals surface area contributed by atoms with Gasteiger partial charge in [-0.3, -0.25) is 0 Å². The molecule has 2 nitrogen and oxygen atoms in total. The van der Waals surface area contributed by atoms with E-state index in [2.05, 4.69) is 22.8 Å². The van der Waals surface area contributed by atoms with Crippen LogP contribution in [0.25, 0.3) is 0 Å². The summed E-state index contributed by atoms with van der Waals surface area (Å²) in [7, 11) is 1.97. The Morgan fingerprint density at radius 2 is 2.27 bits per heavy atom. The molecule has 0 amide bonds. The van der Waals surface area contributed by atoms with Crippen LogP contribution in [0.15, 0.2) is 34.1 Å². The Hall–Kier alpha value is -1.06. The molecule has 0 aromatic carbocycles. The van der Waals surface area contributed by atoms with Gasteiger partial charge >= 0.3 is 0 Å². The van der Waals surface area contributed by atoms with Crippen molar-refractivity contribution in [1.29, 1.82) is 0 Å². The molecular formula is C12H15NOS. The zero-order valence-electron chi connectivity index (χ0n) is 8.99. The molecule has 0 spiro atoms. The van der Waals surface area contributed by atoms with Crippen molar-refractivity contribution in [2.24, 2.45) is 0 Å². The highest BCUT2D eigenvalue weighted by Crippen LogP contribution is 2.22. The maximum atomic E-state index is 5.63. The SMILES string of the molecule is CNC(Cc1cccs1)c1ccc(C)o1. The van der Waals surface area contributed by atoms with E-state index in [1.54, 1.807) is 11.3 Å². The average Bonchev–Trinajstić information content (AvgIpc) is 2.85. The molecule has 2 rings (SSSR count). The molecule has 0 radical (unpaired) electrons. The zero-order chi connectivity index (χ0) is 10.7. The average molecular weight is 221 g/mol. The van der Waals surface area contributed by atoms with Crippen molar-refractivity contribution >= 4 is 11.3 Å². The molecule has 80 valence electrons. The molecule has 0 fully saturated rings. The smallest absolute Gasteiger partial charge is 0.121 e. The molecule has 0 aliphatic carbocycles. The fraction of sp³-hybridized carbons (Fsp3) is 0.333. The molecule has 2 aromatic heterocycles. The molecule has 2 heterocycles. The number of likely N-dealkylation sites (N-methyl/N-ethyl adjacent to an activating group) is 1. The van der Waals surface area contributed by atoms with E-state index in [4.69, 9.17) is 4.42 Å². The Morgan fingerprint density at radius 1 is 1.40 bits per heavy atom. The second-order valence-corrected chi connectivity index (χ2v) is 4.61. The predicted molar refractivity (Wildman–Crippen MR) is 63.3 cm³/mol. The molecular weight excluding hydrogens is 206 g/mol. The minimum atomic E-state index is 0.275. The fourth-order valence-electron chi connectivity index (χ4n) is 1.62. The van der Waals surface area contributed by atoms with Gasteiger partial charge < -0.3 is 9.73 Å². The second-order valence-electron chi connectivity index (χ2n) is 3.57. The lowest BCUT2D eigenvalue weighted by Crippen LogP contribution is -2.17. The molecule has 0 aliphatic rings. The lowest BCUT2D eigenvalue weighted by Gasteiger charge is -2.12. The van der Waals surface area contributed by atoms with Gasteiger partial charge in [0, 0.05) is 11.3 Å². The van der Waals surface area contributed by atoms with Crippen LogP contribution in [-0.4, -0.2) is 7.05 Å². The van der Waals surface area contributed by atoms with Gasteiger partial charge in [-0.2, -0.15) is 0 Å². The molecule has 1 unspecified atom stereocenters. The second kappa shape index (κ2) is 4.64. The Balaban J connectivity index is 2.11. The van der Waals surface area contributed by atoms with Crippen molar-refractivity contribution in [3.8, 4) is 0 Å². The van der Waals surface area contributed by atoms with Crippen LogP contribution in [0.4, 0.5) is 0 Å². The number of furan rings is 1. The summed E-state index contributed by atoms with van der Waals surface area (Å²) < 4.78 is 5.63. The number of rotatable bonds is 4. The Morgan fingerprint density at radius 3 is 2.80 bits per heavy atom. The van der Waals surface area contributed by atoms with E-state index in [0.29, 0.717) is 0 Å². The van der Waals surface area contributed by atoms with Crippen molar-refractivity contribution in [1.82, 2.24) is 5.32 Å². The molecule has 1 N–H and O–H groups in total. The molecule has 0 saturated heterocycles. The summed E-state index contributed by atoms with van der Waals surface area (Å²) in [5.74, 6) is 1.99. The van der Waals surface area contributed by atoms with Crippen molar-refractivity contribution in [2.75, 3.05) is 7.05 Å². The third-order valence-corrected chi connectivity index (χ3v) is 3.34. The molecule has 0 bridgehead atoms.